The Hall–Kier alpha value is -2.57. The molecule has 2 aromatic rings. The van der Waals surface area contributed by atoms with Gasteiger partial charge in [0.2, 0.25) is 0 Å². The molecule has 2 aromatic carbocycles. The molecule has 122 valence electrons. The van der Waals surface area contributed by atoms with Gasteiger partial charge in [0.25, 0.3) is 0 Å². The fourth-order valence-electron chi connectivity index (χ4n) is 3.17. The molecule has 0 spiro atoms. The lowest BCUT2D eigenvalue weighted by Gasteiger charge is -2.08. The van der Waals surface area contributed by atoms with Crippen molar-refractivity contribution in [1.29, 1.82) is 0 Å². The molecule has 0 heterocycles. The molecule has 0 radical (unpaired) electrons. The van der Waals surface area contributed by atoms with Gasteiger partial charge in [0.15, 0.2) is 5.41 Å². The Kier molecular flexibility index (Phi) is 4.69. The molecule has 0 amide bonds. The Morgan fingerprint density at radius 2 is 1.71 bits per heavy atom. The molecule has 3 atom stereocenters. The number of benzene rings is 2. The Labute approximate surface area is 142 Å². The van der Waals surface area contributed by atoms with Gasteiger partial charge in [-0.1, -0.05) is 60.4 Å². The number of hydrogen-bond acceptors (Lipinski definition) is 3. The second kappa shape index (κ2) is 6.90. The van der Waals surface area contributed by atoms with E-state index < -0.39 is 5.41 Å². The maximum absolute atomic E-state index is 12.6. The van der Waals surface area contributed by atoms with E-state index in [1.54, 1.807) is 0 Å². The molecule has 3 rings (SSSR count). The van der Waals surface area contributed by atoms with Gasteiger partial charge >= 0.3 is 5.97 Å². The van der Waals surface area contributed by atoms with Gasteiger partial charge in [-0.25, -0.2) is 0 Å². The van der Waals surface area contributed by atoms with Crippen LogP contribution in [0.2, 0.25) is 0 Å². The summed E-state index contributed by atoms with van der Waals surface area (Å²) in [6.45, 7) is 2.45. The van der Waals surface area contributed by atoms with E-state index in [1.165, 1.54) is 7.11 Å². The number of hydrogen-bond donors (Lipinski definition) is 0. The summed E-state index contributed by atoms with van der Waals surface area (Å²) in [4.78, 5) is 12.6. The molecule has 1 saturated carbocycles. The molecule has 0 bridgehead atoms. The number of carbonyl (C=O) groups is 1. The molecule has 0 N–H and O–H groups in total. The van der Waals surface area contributed by atoms with Gasteiger partial charge in [0, 0.05) is 18.1 Å². The zero-order valence-corrected chi connectivity index (χ0v) is 13.9. The molecule has 0 aromatic heterocycles. The van der Waals surface area contributed by atoms with Crippen molar-refractivity contribution in [2.24, 2.45) is 5.41 Å². The summed E-state index contributed by atoms with van der Waals surface area (Å²) in [5.74, 6) is 5.85. The van der Waals surface area contributed by atoms with E-state index in [2.05, 4.69) is 11.8 Å². The van der Waals surface area contributed by atoms with E-state index in [0.29, 0.717) is 6.61 Å². The Balaban J connectivity index is 2.02. The van der Waals surface area contributed by atoms with Crippen LogP contribution < -0.4 is 0 Å². The highest BCUT2D eigenvalue weighted by Gasteiger charge is 2.72. The highest BCUT2D eigenvalue weighted by atomic mass is 16.5. The van der Waals surface area contributed by atoms with Crippen LogP contribution in [-0.2, 0) is 14.3 Å². The summed E-state index contributed by atoms with van der Waals surface area (Å²) >= 11 is 0. The number of methoxy groups -OCH3 is 1. The van der Waals surface area contributed by atoms with E-state index >= 15 is 0 Å². The molecular weight excluding hydrogens is 300 g/mol. The van der Waals surface area contributed by atoms with Gasteiger partial charge in [-0.15, -0.1) is 0 Å². The van der Waals surface area contributed by atoms with Crippen molar-refractivity contribution < 1.29 is 14.3 Å². The second-order valence-electron chi connectivity index (χ2n) is 5.74. The highest BCUT2D eigenvalue weighted by Crippen LogP contribution is 2.61. The molecule has 24 heavy (non-hydrogen) atoms. The quantitative estimate of drug-likeness (QED) is 0.640. The van der Waals surface area contributed by atoms with Crippen molar-refractivity contribution in [3.8, 4) is 11.8 Å². The SMILES string of the molecule is CCO[C@H]1[C@@H](c2ccccc2)[C@]1(C#Cc1ccccc1)C(=O)OC. The maximum Gasteiger partial charge on any atom is 0.327 e. The van der Waals surface area contributed by atoms with Crippen LogP contribution in [0, 0.1) is 17.3 Å². The predicted molar refractivity (Wildman–Crippen MR) is 92.4 cm³/mol. The van der Waals surface area contributed by atoms with E-state index in [1.807, 2.05) is 67.6 Å². The summed E-state index contributed by atoms with van der Waals surface area (Å²) in [5.41, 5.74) is 0.973. The number of ether oxygens (including phenoxy) is 2. The summed E-state index contributed by atoms with van der Waals surface area (Å²) in [6, 6.07) is 19.5. The smallest absolute Gasteiger partial charge is 0.327 e. The second-order valence-corrected chi connectivity index (χ2v) is 5.74. The molecule has 0 saturated heterocycles. The Bertz CT molecular complexity index is 758. The molecule has 1 fully saturated rings. The third-order valence-corrected chi connectivity index (χ3v) is 4.35. The normalized spacial score (nSPS) is 24.6. The molecule has 3 heteroatoms. The van der Waals surface area contributed by atoms with E-state index in [4.69, 9.17) is 9.47 Å². The fraction of sp³-hybridized carbons (Fsp3) is 0.286. The number of carbonyl (C=O) groups excluding carboxylic acids is 1. The number of rotatable bonds is 4. The maximum atomic E-state index is 12.6. The van der Waals surface area contributed by atoms with E-state index in [0.717, 1.165) is 11.1 Å². The topological polar surface area (TPSA) is 35.5 Å². The highest BCUT2D eigenvalue weighted by molar-refractivity contribution is 5.88. The first-order valence-electron chi connectivity index (χ1n) is 8.07. The van der Waals surface area contributed by atoms with E-state index in [9.17, 15) is 4.79 Å². The average Bonchev–Trinajstić information content (AvgIpc) is 3.29. The van der Waals surface area contributed by atoms with Gasteiger partial charge < -0.3 is 9.47 Å². The molecule has 0 unspecified atom stereocenters. The van der Waals surface area contributed by atoms with Crippen molar-refractivity contribution >= 4 is 5.97 Å². The lowest BCUT2D eigenvalue weighted by molar-refractivity contribution is -0.146. The average molecular weight is 320 g/mol. The summed E-state index contributed by atoms with van der Waals surface area (Å²) in [5, 5.41) is 0. The van der Waals surface area contributed by atoms with Gasteiger partial charge in [-0.05, 0) is 24.6 Å². The lowest BCUT2D eigenvalue weighted by Crippen LogP contribution is -2.22. The molecule has 0 aliphatic heterocycles. The van der Waals surface area contributed by atoms with Crippen LogP contribution in [0.15, 0.2) is 60.7 Å². The molecule has 3 nitrogen and oxygen atoms in total. The first kappa shape index (κ1) is 16.3. The van der Waals surface area contributed by atoms with Crippen molar-refractivity contribution in [3.05, 3.63) is 71.8 Å². The minimum atomic E-state index is -0.943. The first-order chi connectivity index (χ1) is 11.7. The van der Waals surface area contributed by atoms with Crippen LogP contribution in [0.1, 0.15) is 24.0 Å². The summed E-state index contributed by atoms with van der Waals surface area (Å²) in [7, 11) is 1.40. The van der Waals surface area contributed by atoms with Crippen LogP contribution >= 0.6 is 0 Å². The third-order valence-electron chi connectivity index (χ3n) is 4.35. The molecule has 1 aliphatic carbocycles. The minimum absolute atomic E-state index is 0.109. The number of esters is 1. The van der Waals surface area contributed by atoms with Crippen LogP contribution in [0.5, 0.6) is 0 Å². The monoisotopic (exact) mass is 320 g/mol. The molecule has 1 aliphatic rings. The minimum Gasteiger partial charge on any atom is -0.468 e. The fourth-order valence-corrected chi connectivity index (χ4v) is 3.17. The van der Waals surface area contributed by atoms with Crippen LogP contribution in [0.25, 0.3) is 0 Å². The van der Waals surface area contributed by atoms with Crippen LogP contribution in [0.3, 0.4) is 0 Å². The molecular formula is C21H20O3. The van der Waals surface area contributed by atoms with E-state index in [-0.39, 0.29) is 18.0 Å². The van der Waals surface area contributed by atoms with Crippen molar-refractivity contribution in [2.45, 2.75) is 18.9 Å². The largest absolute Gasteiger partial charge is 0.468 e. The van der Waals surface area contributed by atoms with Crippen molar-refractivity contribution in [3.63, 3.8) is 0 Å². The first-order valence-corrected chi connectivity index (χ1v) is 8.07. The Morgan fingerprint density at radius 3 is 2.29 bits per heavy atom. The van der Waals surface area contributed by atoms with Crippen molar-refractivity contribution in [2.75, 3.05) is 13.7 Å². The van der Waals surface area contributed by atoms with Crippen LogP contribution in [-0.4, -0.2) is 25.8 Å². The zero-order chi connectivity index (χ0) is 17.0. The zero-order valence-electron chi connectivity index (χ0n) is 13.9. The Morgan fingerprint density at radius 1 is 1.08 bits per heavy atom. The summed E-state index contributed by atoms with van der Waals surface area (Å²) in [6.07, 6.45) is -0.284. The van der Waals surface area contributed by atoms with Gasteiger partial charge in [0.05, 0.1) is 13.2 Å². The van der Waals surface area contributed by atoms with Gasteiger partial charge in [0.1, 0.15) is 0 Å². The standard InChI is InChI=1S/C21H20O3/c1-3-24-19-18(17-12-8-5-9-13-17)21(19,20(22)23-2)15-14-16-10-6-4-7-11-16/h4-13,18-19H,3H2,1-2H3/t18-,19+,21+/m1/s1. The van der Waals surface area contributed by atoms with Gasteiger partial charge in [-0.2, -0.15) is 0 Å². The van der Waals surface area contributed by atoms with Crippen LogP contribution in [0.4, 0.5) is 0 Å². The lowest BCUT2D eigenvalue weighted by atomic mass is 9.99. The van der Waals surface area contributed by atoms with Gasteiger partial charge in [-0.3, -0.25) is 4.79 Å². The summed E-state index contributed by atoms with van der Waals surface area (Å²) < 4.78 is 10.9. The van der Waals surface area contributed by atoms with Crippen molar-refractivity contribution in [1.82, 2.24) is 0 Å². The predicted octanol–water partition coefficient (Wildman–Crippen LogP) is 3.40. The third kappa shape index (κ3) is 2.81.